The predicted molar refractivity (Wildman–Crippen MR) is 82.6 cm³/mol. The van der Waals surface area contributed by atoms with Crippen molar-refractivity contribution in [1.82, 2.24) is 15.1 Å². The van der Waals surface area contributed by atoms with Gasteiger partial charge < -0.3 is 10.2 Å². The van der Waals surface area contributed by atoms with E-state index in [1.54, 1.807) is 0 Å². The average Bonchev–Trinajstić information content (AvgIpc) is 2.54. The van der Waals surface area contributed by atoms with Crippen LogP contribution in [0.1, 0.15) is 52.9 Å². The number of nitrogens with one attached hydrogen (secondary N) is 1. The van der Waals surface area contributed by atoms with Crippen LogP contribution in [0.2, 0.25) is 0 Å². The number of piperidine rings is 1. The van der Waals surface area contributed by atoms with Crippen LogP contribution in [0.25, 0.3) is 0 Å². The second-order valence-electron chi connectivity index (χ2n) is 7.53. The van der Waals surface area contributed by atoms with Crippen LogP contribution in [0.5, 0.6) is 0 Å². The van der Waals surface area contributed by atoms with Crippen molar-refractivity contribution >= 4 is 0 Å². The van der Waals surface area contributed by atoms with Crippen molar-refractivity contribution in [3.63, 3.8) is 0 Å². The maximum absolute atomic E-state index is 3.94. The molecule has 19 heavy (non-hydrogen) atoms. The van der Waals surface area contributed by atoms with Crippen molar-refractivity contribution in [1.29, 1.82) is 0 Å². The van der Waals surface area contributed by atoms with E-state index < -0.39 is 0 Å². The summed E-state index contributed by atoms with van der Waals surface area (Å²) in [5.74, 6) is 0. The highest BCUT2D eigenvalue weighted by Crippen LogP contribution is 2.21. The highest BCUT2D eigenvalue weighted by atomic mass is 15.2. The lowest BCUT2D eigenvalue weighted by Gasteiger charge is -2.41. The van der Waals surface area contributed by atoms with Crippen molar-refractivity contribution in [2.75, 3.05) is 33.2 Å². The average molecular weight is 267 g/mol. The molecule has 112 valence electrons. The van der Waals surface area contributed by atoms with Gasteiger partial charge in [0.2, 0.25) is 0 Å². The van der Waals surface area contributed by atoms with Crippen LogP contribution in [-0.4, -0.2) is 60.6 Å². The van der Waals surface area contributed by atoms with Crippen molar-refractivity contribution in [2.24, 2.45) is 0 Å². The van der Waals surface area contributed by atoms with Gasteiger partial charge in [-0.2, -0.15) is 0 Å². The molecule has 0 aliphatic carbocycles. The van der Waals surface area contributed by atoms with Gasteiger partial charge in [0.15, 0.2) is 0 Å². The summed E-state index contributed by atoms with van der Waals surface area (Å²) in [4.78, 5) is 5.11. The number of nitrogens with zero attached hydrogens (tertiary/aromatic N) is 2. The van der Waals surface area contributed by atoms with Crippen LogP contribution < -0.4 is 5.32 Å². The Kier molecular flexibility index (Phi) is 5.27. The van der Waals surface area contributed by atoms with Crippen LogP contribution in [0, 0.1) is 0 Å². The van der Waals surface area contributed by atoms with Crippen LogP contribution in [0.4, 0.5) is 0 Å². The zero-order valence-electron chi connectivity index (χ0n) is 13.4. The predicted octanol–water partition coefficient (Wildman–Crippen LogP) is 2.32. The van der Waals surface area contributed by atoms with Gasteiger partial charge in [-0.3, -0.25) is 4.90 Å². The molecular weight excluding hydrogens is 234 g/mol. The fraction of sp³-hybridized carbons (Fsp3) is 1.00. The second-order valence-corrected chi connectivity index (χ2v) is 7.53. The molecule has 0 amide bonds. The molecule has 2 saturated heterocycles. The Morgan fingerprint density at radius 3 is 2.05 bits per heavy atom. The fourth-order valence-corrected chi connectivity index (χ4v) is 3.46. The first-order chi connectivity index (χ1) is 8.95. The van der Waals surface area contributed by atoms with E-state index in [2.05, 4.69) is 42.9 Å². The van der Waals surface area contributed by atoms with E-state index in [-0.39, 0.29) is 0 Å². The second kappa shape index (κ2) is 6.55. The van der Waals surface area contributed by atoms with Gasteiger partial charge in [0, 0.05) is 30.7 Å². The normalized spacial score (nSPS) is 29.4. The number of hydrogen-bond donors (Lipinski definition) is 1. The molecule has 0 aromatic heterocycles. The molecule has 1 N–H and O–H groups in total. The van der Waals surface area contributed by atoms with Crippen molar-refractivity contribution in [2.45, 2.75) is 70.5 Å². The topological polar surface area (TPSA) is 18.5 Å². The molecule has 0 aromatic rings. The van der Waals surface area contributed by atoms with Gasteiger partial charge in [-0.15, -0.1) is 0 Å². The Hall–Kier alpha value is -0.120. The first kappa shape index (κ1) is 15.3. The molecule has 1 unspecified atom stereocenters. The molecule has 2 aliphatic heterocycles. The first-order valence-corrected chi connectivity index (χ1v) is 8.15. The standard InChI is InChI=1S/C16H33N3/c1-16(2,3)19-12-8-15(9-13-19)17-14-6-5-10-18(4)11-7-14/h14-15,17H,5-13H2,1-4H3. The molecular formula is C16H33N3. The van der Waals surface area contributed by atoms with E-state index in [4.69, 9.17) is 0 Å². The van der Waals surface area contributed by atoms with Gasteiger partial charge in [-0.25, -0.2) is 0 Å². The summed E-state index contributed by atoms with van der Waals surface area (Å²) in [6, 6.07) is 1.52. The van der Waals surface area contributed by atoms with E-state index in [1.807, 2.05) is 0 Å². The quantitative estimate of drug-likeness (QED) is 0.828. The Balaban J connectivity index is 1.73. The van der Waals surface area contributed by atoms with Crippen LogP contribution in [0.15, 0.2) is 0 Å². The van der Waals surface area contributed by atoms with Crippen molar-refractivity contribution in [3.8, 4) is 0 Å². The van der Waals surface area contributed by atoms with Crippen LogP contribution >= 0.6 is 0 Å². The molecule has 0 spiro atoms. The van der Waals surface area contributed by atoms with E-state index in [0.717, 1.165) is 12.1 Å². The van der Waals surface area contributed by atoms with Gasteiger partial charge in [-0.1, -0.05) is 0 Å². The Bertz CT molecular complexity index is 264. The minimum absolute atomic E-state index is 0.343. The molecule has 0 radical (unpaired) electrons. The van der Waals surface area contributed by atoms with Gasteiger partial charge in [0.1, 0.15) is 0 Å². The number of hydrogen-bond acceptors (Lipinski definition) is 3. The minimum Gasteiger partial charge on any atom is -0.311 e. The van der Waals surface area contributed by atoms with Gasteiger partial charge in [0.25, 0.3) is 0 Å². The summed E-state index contributed by atoms with van der Waals surface area (Å²) in [5.41, 5.74) is 0.343. The van der Waals surface area contributed by atoms with E-state index in [0.29, 0.717) is 5.54 Å². The zero-order chi connectivity index (χ0) is 13.9. The Morgan fingerprint density at radius 2 is 1.42 bits per heavy atom. The van der Waals surface area contributed by atoms with E-state index in [9.17, 15) is 0 Å². The molecule has 3 heteroatoms. The molecule has 0 saturated carbocycles. The summed E-state index contributed by atoms with van der Waals surface area (Å²) in [5, 5.41) is 3.94. The molecule has 2 aliphatic rings. The molecule has 0 bridgehead atoms. The molecule has 2 heterocycles. The molecule has 1 atom stereocenters. The third-order valence-corrected chi connectivity index (χ3v) is 4.87. The lowest BCUT2D eigenvalue weighted by molar-refractivity contribution is 0.0932. The van der Waals surface area contributed by atoms with E-state index in [1.165, 1.54) is 58.3 Å². The molecule has 2 rings (SSSR count). The smallest absolute Gasteiger partial charge is 0.0125 e. The number of likely N-dealkylation sites (tertiary alicyclic amines) is 2. The Morgan fingerprint density at radius 1 is 0.842 bits per heavy atom. The highest BCUT2D eigenvalue weighted by molar-refractivity contribution is 4.86. The molecule has 3 nitrogen and oxygen atoms in total. The first-order valence-electron chi connectivity index (χ1n) is 8.15. The third-order valence-electron chi connectivity index (χ3n) is 4.87. The SMILES string of the molecule is CN1CCCC(NC2CCN(C(C)(C)C)CC2)CC1. The third kappa shape index (κ3) is 4.73. The summed E-state index contributed by atoms with van der Waals surface area (Å²) in [6.45, 7) is 12.1. The molecule has 0 aromatic carbocycles. The summed E-state index contributed by atoms with van der Waals surface area (Å²) in [7, 11) is 2.25. The van der Waals surface area contributed by atoms with Gasteiger partial charge in [-0.05, 0) is 73.0 Å². The maximum atomic E-state index is 3.94. The van der Waals surface area contributed by atoms with Crippen molar-refractivity contribution < 1.29 is 0 Å². The Labute approximate surface area is 119 Å². The van der Waals surface area contributed by atoms with Crippen LogP contribution in [0.3, 0.4) is 0 Å². The van der Waals surface area contributed by atoms with Gasteiger partial charge in [0.05, 0.1) is 0 Å². The summed E-state index contributed by atoms with van der Waals surface area (Å²) >= 11 is 0. The van der Waals surface area contributed by atoms with E-state index >= 15 is 0 Å². The highest BCUT2D eigenvalue weighted by Gasteiger charge is 2.28. The fourth-order valence-electron chi connectivity index (χ4n) is 3.46. The monoisotopic (exact) mass is 267 g/mol. The summed E-state index contributed by atoms with van der Waals surface area (Å²) < 4.78 is 0. The number of rotatable bonds is 2. The van der Waals surface area contributed by atoms with Gasteiger partial charge >= 0.3 is 0 Å². The van der Waals surface area contributed by atoms with Crippen LogP contribution in [-0.2, 0) is 0 Å². The molecule has 2 fully saturated rings. The minimum atomic E-state index is 0.343. The summed E-state index contributed by atoms with van der Waals surface area (Å²) in [6.07, 6.45) is 6.70. The lowest BCUT2D eigenvalue weighted by atomic mass is 9.97. The zero-order valence-corrected chi connectivity index (χ0v) is 13.4. The largest absolute Gasteiger partial charge is 0.311 e. The maximum Gasteiger partial charge on any atom is 0.0125 e. The van der Waals surface area contributed by atoms with Crippen molar-refractivity contribution in [3.05, 3.63) is 0 Å². The lowest BCUT2D eigenvalue weighted by Crippen LogP contribution is -2.51.